The first-order valence-electron chi connectivity index (χ1n) is 4.08. The molecule has 0 aliphatic heterocycles. The van der Waals surface area contributed by atoms with E-state index in [4.69, 9.17) is 4.74 Å². The molecule has 1 N–H and O–H groups in total. The van der Waals surface area contributed by atoms with Crippen LogP contribution in [-0.2, 0) is 0 Å². The number of aliphatic hydroxyl groups is 1. The van der Waals surface area contributed by atoms with Crippen LogP contribution in [0.2, 0.25) is 0 Å². The highest BCUT2D eigenvalue weighted by atomic mass is 19.1. The topological polar surface area (TPSA) is 29.5 Å². The summed E-state index contributed by atoms with van der Waals surface area (Å²) in [6, 6.07) is 3.12. The molecule has 0 spiro atoms. The van der Waals surface area contributed by atoms with E-state index in [9.17, 15) is 9.50 Å². The SMILES string of the molecule is COc1cc(C(C)O)cc(C)c1F. The van der Waals surface area contributed by atoms with Crippen molar-refractivity contribution < 1.29 is 14.2 Å². The molecule has 0 amide bonds. The molecule has 0 aliphatic carbocycles. The van der Waals surface area contributed by atoms with E-state index in [2.05, 4.69) is 0 Å². The van der Waals surface area contributed by atoms with Crippen LogP contribution in [0, 0.1) is 12.7 Å². The van der Waals surface area contributed by atoms with Crippen molar-refractivity contribution >= 4 is 0 Å². The van der Waals surface area contributed by atoms with Crippen LogP contribution in [0.3, 0.4) is 0 Å². The number of benzene rings is 1. The van der Waals surface area contributed by atoms with Crippen LogP contribution in [0.5, 0.6) is 5.75 Å². The molecule has 0 aromatic heterocycles. The normalized spacial score (nSPS) is 12.7. The Balaban J connectivity index is 3.22. The zero-order valence-corrected chi connectivity index (χ0v) is 7.97. The Kier molecular flexibility index (Phi) is 2.88. The lowest BCUT2D eigenvalue weighted by Gasteiger charge is -2.10. The number of aliphatic hydroxyl groups excluding tert-OH is 1. The molecule has 72 valence electrons. The van der Waals surface area contributed by atoms with Crippen molar-refractivity contribution in [3.8, 4) is 5.75 Å². The molecule has 3 heteroatoms. The largest absolute Gasteiger partial charge is 0.494 e. The molecule has 1 unspecified atom stereocenters. The summed E-state index contributed by atoms with van der Waals surface area (Å²) in [5.41, 5.74) is 1.14. The average molecular weight is 184 g/mol. The van der Waals surface area contributed by atoms with Crippen LogP contribution in [0.1, 0.15) is 24.2 Å². The minimum absolute atomic E-state index is 0.177. The number of aryl methyl sites for hydroxylation is 1. The van der Waals surface area contributed by atoms with Gasteiger partial charge >= 0.3 is 0 Å². The van der Waals surface area contributed by atoms with Crippen LogP contribution in [-0.4, -0.2) is 12.2 Å². The van der Waals surface area contributed by atoms with Crippen molar-refractivity contribution in [3.63, 3.8) is 0 Å². The maximum absolute atomic E-state index is 13.2. The predicted molar refractivity (Wildman–Crippen MR) is 48.3 cm³/mol. The van der Waals surface area contributed by atoms with Gasteiger partial charge in [0.1, 0.15) is 0 Å². The van der Waals surface area contributed by atoms with Crippen LogP contribution >= 0.6 is 0 Å². The monoisotopic (exact) mass is 184 g/mol. The van der Waals surface area contributed by atoms with Gasteiger partial charge in [-0.05, 0) is 31.0 Å². The number of rotatable bonds is 2. The molecule has 1 atom stereocenters. The van der Waals surface area contributed by atoms with E-state index in [1.165, 1.54) is 13.2 Å². The molecule has 0 radical (unpaired) electrons. The molecule has 1 aromatic rings. The molecule has 0 aliphatic rings. The summed E-state index contributed by atoms with van der Waals surface area (Å²) in [5, 5.41) is 9.28. The van der Waals surface area contributed by atoms with E-state index in [0.29, 0.717) is 11.1 Å². The second kappa shape index (κ2) is 3.75. The van der Waals surface area contributed by atoms with Gasteiger partial charge in [0.15, 0.2) is 11.6 Å². The van der Waals surface area contributed by atoms with Crippen molar-refractivity contribution in [3.05, 3.63) is 29.1 Å². The molecular formula is C10H13FO2. The van der Waals surface area contributed by atoms with Gasteiger partial charge in [-0.2, -0.15) is 0 Å². The van der Waals surface area contributed by atoms with E-state index in [1.807, 2.05) is 0 Å². The Morgan fingerprint density at radius 1 is 1.46 bits per heavy atom. The van der Waals surface area contributed by atoms with E-state index in [-0.39, 0.29) is 11.6 Å². The van der Waals surface area contributed by atoms with Crippen LogP contribution in [0.15, 0.2) is 12.1 Å². The Hall–Kier alpha value is -1.09. The first-order valence-corrected chi connectivity index (χ1v) is 4.08. The van der Waals surface area contributed by atoms with Crippen molar-refractivity contribution in [1.29, 1.82) is 0 Å². The summed E-state index contributed by atoms with van der Waals surface area (Å²) in [4.78, 5) is 0. The van der Waals surface area contributed by atoms with Gasteiger partial charge in [0, 0.05) is 0 Å². The fourth-order valence-corrected chi connectivity index (χ4v) is 1.15. The number of hydrogen-bond donors (Lipinski definition) is 1. The summed E-state index contributed by atoms with van der Waals surface area (Å²) in [5.74, 6) is -0.192. The van der Waals surface area contributed by atoms with Crippen LogP contribution < -0.4 is 4.74 Å². The number of halogens is 1. The fraction of sp³-hybridized carbons (Fsp3) is 0.400. The maximum atomic E-state index is 13.2. The number of hydrogen-bond acceptors (Lipinski definition) is 2. The van der Waals surface area contributed by atoms with E-state index < -0.39 is 6.10 Å². The Morgan fingerprint density at radius 3 is 2.54 bits per heavy atom. The number of methoxy groups -OCH3 is 1. The third-order valence-electron chi connectivity index (χ3n) is 1.95. The lowest BCUT2D eigenvalue weighted by Crippen LogP contribution is -1.97. The van der Waals surface area contributed by atoms with Crippen molar-refractivity contribution in [2.24, 2.45) is 0 Å². The van der Waals surface area contributed by atoms with Gasteiger partial charge in [-0.15, -0.1) is 0 Å². The van der Waals surface area contributed by atoms with Gasteiger partial charge in [-0.25, -0.2) is 4.39 Å². The highest BCUT2D eigenvalue weighted by molar-refractivity contribution is 5.36. The highest BCUT2D eigenvalue weighted by Crippen LogP contribution is 2.25. The third-order valence-corrected chi connectivity index (χ3v) is 1.95. The first kappa shape index (κ1) is 9.99. The molecule has 1 rings (SSSR count). The minimum Gasteiger partial charge on any atom is -0.494 e. The summed E-state index contributed by atoms with van der Waals surface area (Å²) in [7, 11) is 1.41. The van der Waals surface area contributed by atoms with Crippen LogP contribution in [0.4, 0.5) is 4.39 Å². The lowest BCUT2D eigenvalue weighted by atomic mass is 10.1. The fourth-order valence-electron chi connectivity index (χ4n) is 1.15. The molecule has 13 heavy (non-hydrogen) atoms. The van der Waals surface area contributed by atoms with Gasteiger partial charge in [0.05, 0.1) is 13.2 Å². The molecule has 0 heterocycles. The average Bonchev–Trinajstić information content (AvgIpc) is 2.09. The summed E-state index contributed by atoms with van der Waals surface area (Å²) >= 11 is 0. The van der Waals surface area contributed by atoms with Gasteiger partial charge in [0.2, 0.25) is 0 Å². The molecular weight excluding hydrogens is 171 g/mol. The molecule has 0 fully saturated rings. The summed E-state index contributed by atoms with van der Waals surface area (Å²) < 4.78 is 18.1. The highest BCUT2D eigenvalue weighted by Gasteiger charge is 2.10. The second-order valence-corrected chi connectivity index (χ2v) is 3.03. The quantitative estimate of drug-likeness (QED) is 0.763. The second-order valence-electron chi connectivity index (χ2n) is 3.03. The van der Waals surface area contributed by atoms with E-state index in [1.54, 1.807) is 19.9 Å². The van der Waals surface area contributed by atoms with Crippen molar-refractivity contribution in [2.45, 2.75) is 20.0 Å². The van der Waals surface area contributed by atoms with Gasteiger partial charge < -0.3 is 9.84 Å². The zero-order chi connectivity index (χ0) is 10.0. The standard InChI is InChI=1S/C10H13FO2/c1-6-4-8(7(2)12)5-9(13-3)10(6)11/h4-5,7,12H,1-3H3. The Morgan fingerprint density at radius 2 is 2.08 bits per heavy atom. The number of ether oxygens (including phenoxy) is 1. The van der Waals surface area contributed by atoms with E-state index in [0.717, 1.165) is 0 Å². The van der Waals surface area contributed by atoms with Crippen molar-refractivity contribution in [1.82, 2.24) is 0 Å². The lowest BCUT2D eigenvalue weighted by molar-refractivity contribution is 0.198. The van der Waals surface area contributed by atoms with Crippen molar-refractivity contribution in [2.75, 3.05) is 7.11 Å². The molecule has 0 bridgehead atoms. The molecule has 0 saturated heterocycles. The predicted octanol–water partition coefficient (Wildman–Crippen LogP) is 2.20. The van der Waals surface area contributed by atoms with Gasteiger partial charge in [0.25, 0.3) is 0 Å². The van der Waals surface area contributed by atoms with Gasteiger partial charge in [-0.3, -0.25) is 0 Å². The summed E-state index contributed by atoms with van der Waals surface area (Å²) in [6.45, 7) is 3.27. The third kappa shape index (κ3) is 1.98. The molecule has 0 saturated carbocycles. The van der Waals surface area contributed by atoms with E-state index >= 15 is 0 Å². The minimum atomic E-state index is -0.604. The van der Waals surface area contributed by atoms with Gasteiger partial charge in [-0.1, -0.05) is 6.07 Å². The maximum Gasteiger partial charge on any atom is 0.167 e. The zero-order valence-electron chi connectivity index (χ0n) is 7.97. The Labute approximate surface area is 77.0 Å². The molecule has 2 nitrogen and oxygen atoms in total. The summed E-state index contributed by atoms with van der Waals surface area (Å²) in [6.07, 6.45) is -0.604. The van der Waals surface area contributed by atoms with Crippen LogP contribution in [0.25, 0.3) is 0 Å². The Bertz CT molecular complexity index is 308. The molecule has 1 aromatic carbocycles. The smallest absolute Gasteiger partial charge is 0.167 e. The first-order chi connectivity index (χ1) is 6.06.